The number of rotatable bonds is 10. The lowest BCUT2D eigenvalue weighted by atomic mass is 9.95. The summed E-state index contributed by atoms with van der Waals surface area (Å²) in [6, 6.07) is 12.1. The highest BCUT2D eigenvalue weighted by atomic mass is 35.5. The smallest absolute Gasteiger partial charge is 0.244 e. The number of nitrogens with zero attached hydrogens (tertiary/aromatic N) is 2. The van der Waals surface area contributed by atoms with Crippen molar-refractivity contribution < 1.29 is 18.0 Å². The highest BCUT2D eigenvalue weighted by Gasteiger charge is 2.33. The lowest BCUT2D eigenvalue weighted by Gasteiger charge is -2.34. The van der Waals surface area contributed by atoms with Gasteiger partial charge in [-0.3, -0.25) is 13.9 Å². The molecule has 0 heterocycles. The Morgan fingerprint density at radius 2 is 1.78 bits per heavy atom. The van der Waals surface area contributed by atoms with Crippen molar-refractivity contribution in [3.05, 3.63) is 64.2 Å². The zero-order valence-corrected chi connectivity index (χ0v) is 23.7. The van der Waals surface area contributed by atoms with Gasteiger partial charge in [-0.05, 0) is 56.4 Å². The first-order chi connectivity index (χ1) is 17.5. The average Bonchev–Trinajstić information content (AvgIpc) is 2.84. The van der Waals surface area contributed by atoms with Gasteiger partial charge in [-0.1, -0.05) is 73.7 Å². The molecule has 202 valence electrons. The number of hydrogen-bond donors (Lipinski definition) is 1. The molecule has 2 aromatic rings. The zero-order chi connectivity index (χ0) is 27.2. The Kier molecular flexibility index (Phi) is 10.0. The van der Waals surface area contributed by atoms with Crippen LogP contribution in [0.1, 0.15) is 62.1 Å². The largest absolute Gasteiger partial charge is 0.352 e. The summed E-state index contributed by atoms with van der Waals surface area (Å²) in [4.78, 5) is 28.8. The maximum atomic E-state index is 13.9. The number of benzene rings is 2. The molecule has 2 aromatic carbocycles. The van der Waals surface area contributed by atoms with Gasteiger partial charge in [0.1, 0.15) is 12.6 Å². The minimum Gasteiger partial charge on any atom is -0.352 e. The Bertz CT molecular complexity index is 1210. The molecule has 0 unspecified atom stereocenters. The highest BCUT2D eigenvalue weighted by molar-refractivity contribution is 7.92. The molecule has 0 bridgehead atoms. The fourth-order valence-corrected chi connectivity index (χ4v) is 5.98. The molecule has 0 spiro atoms. The molecule has 3 rings (SSSR count). The van der Waals surface area contributed by atoms with Gasteiger partial charge in [0.25, 0.3) is 0 Å². The van der Waals surface area contributed by atoms with Gasteiger partial charge in [0.2, 0.25) is 21.8 Å². The summed E-state index contributed by atoms with van der Waals surface area (Å²) in [7, 11) is -3.81. The fraction of sp³-hybridized carbons (Fsp3) is 0.500. The maximum Gasteiger partial charge on any atom is 0.244 e. The number of carbonyl (C=O) groups excluding carboxylic acids is 2. The van der Waals surface area contributed by atoms with Crippen molar-refractivity contribution in [1.29, 1.82) is 0 Å². The molecule has 1 aliphatic carbocycles. The average molecular weight is 548 g/mol. The molecule has 0 saturated heterocycles. The summed E-state index contributed by atoms with van der Waals surface area (Å²) in [6.45, 7) is 5.38. The molecule has 7 nitrogen and oxygen atoms in total. The fourth-order valence-electron chi connectivity index (χ4n) is 4.92. The van der Waals surface area contributed by atoms with Crippen molar-refractivity contribution in [1.82, 2.24) is 10.2 Å². The van der Waals surface area contributed by atoms with Gasteiger partial charge >= 0.3 is 0 Å². The van der Waals surface area contributed by atoms with Crippen LogP contribution in [-0.4, -0.2) is 50.0 Å². The molecule has 9 heteroatoms. The van der Waals surface area contributed by atoms with Gasteiger partial charge in [0.15, 0.2) is 0 Å². The van der Waals surface area contributed by atoms with Crippen molar-refractivity contribution in [2.24, 2.45) is 0 Å². The van der Waals surface area contributed by atoms with Crippen molar-refractivity contribution in [3.8, 4) is 0 Å². The first-order valence-electron chi connectivity index (χ1n) is 12.9. The summed E-state index contributed by atoms with van der Waals surface area (Å²) in [5.41, 5.74) is 2.94. The summed E-state index contributed by atoms with van der Waals surface area (Å²) in [6.07, 6.45) is 6.68. The molecule has 1 N–H and O–H groups in total. The molecule has 1 aliphatic rings. The number of amides is 2. The van der Waals surface area contributed by atoms with Crippen LogP contribution in [0.2, 0.25) is 5.02 Å². The van der Waals surface area contributed by atoms with Gasteiger partial charge < -0.3 is 10.2 Å². The van der Waals surface area contributed by atoms with E-state index < -0.39 is 28.5 Å². The van der Waals surface area contributed by atoms with E-state index >= 15 is 0 Å². The monoisotopic (exact) mass is 547 g/mol. The lowest BCUT2D eigenvalue weighted by molar-refractivity contribution is -0.140. The molecule has 0 aromatic heterocycles. The normalized spacial score (nSPS) is 15.2. The third-order valence-corrected chi connectivity index (χ3v) is 8.25. The molecule has 2 amide bonds. The standard InChI is InChI=1S/C28H38ClN3O4S/c1-5-25(28(34)30-24-12-7-6-8-13-24)31(18-22-11-9-10-20(2)16-22)27(33)19-32(37(4,35)36)26-17-23(29)15-14-21(26)3/h9-11,14-17,24-25H,5-8,12-13,18-19H2,1-4H3,(H,30,34)/t25-/m0/s1. The van der Waals surface area contributed by atoms with Gasteiger partial charge in [0.05, 0.1) is 11.9 Å². The van der Waals surface area contributed by atoms with E-state index in [1.807, 2.05) is 38.1 Å². The number of nitrogens with one attached hydrogen (secondary N) is 1. The molecule has 1 saturated carbocycles. The molecular formula is C28H38ClN3O4S. The number of hydrogen-bond acceptors (Lipinski definition) is 4. The minimum atomic E-state index is -3.81. The van der Waals surface area contributed by atoms with E-state index in [4.69, 9.17) is 11.6 Å². The zero-order valence-electron chi connectivity index (χ0n) is 22.2. The predicted octanol–water partition coefficient (Wildman–Crippen LogP) is 4.98. The number of anilines is 1. The topological polar surface area (TPSA) is 86.8 Å². The van der Waals surface area contributed by atoms with E-state index in [0.717, 1.165) is 47.4 Å². The molecular weight excluding hydrogens is 510 g/mol. The molecule has 37 heavy (non-hydrogen) atoms. The number of carbonyl (C=O) groups is 2. The van der Waals surface area contributed by atoms with Crippen LogP contribution in [0.15, 0.2) is 42.5 Å². The van der Waals surface area contributed by atoms with Gasteiger partial charge in [0, 0.05) is 17.6 Å². The lowest BCUT2D eigenvalue weighted by Crippen LogP contribution is -2.54. The van der Waals surface area contributed by atoms with Crippen LogP contribution in [-0.2, 0) is 26.2 Å². The van der Waals surface area contributed by atoms with Crippen LogP contribution in [0, 0.1) is 13.8 Å². The van der Waals surface area contributed by atoms with Gasteiger partial charge in [-0.15, -0.1) is 0 Å². The van der Waals surface area contributed by atoms with E-state index in [1.165, 1.54) is 11.3 Å². The van der Waals surface area contributed by atoms with Crippen molar-refractivity contribution in [3.63, 3.8) is 0 Å². The van der Waals surface area contributed by atoms with Gasteiger partial charge in [-0.25, -0.2) is 8.42 Å². The number of halogens is 1. The second-order valence-electron chi connectivity index (χ2n) is 9.98. The Balaban J connectivity index is 1.94. The van der Waals surface area contributed by atoms with Crippen LogP contribution >= 0.6 is 11.6 Å². The van der Waals surface area contributed by atoms with Crippen LogP contribution in [0.25, 0.3) is 0 Å². The third kappa shape index (κ3) is 7.95. The Hall–Kier alpha value is -2.58. The Morgan fingerprint density at radius 3 is 2.41 bits per heavy atom. The Labute approximate surface area is 226 Å². The second-order valence-corrected chi connectivity index (χ2v) is 12.3. The van der Waals surface area contributed by atoms with Gasteiger partial charge in [-0.2, -0.15) is 0 Å². The van der Waals surface area contributed by atoms with Crippen LogP contribution < -0.4 is 9.62 Å². The molecule has 0 radical (unpaired) electrons. The second kappa shape index (κ2) is 12.8. The molecule has 1 atom stereocenters. The van der Waals surface area contributed by atoms with E-state index in [9.17, 15) is 18.0 Å². The summed E-state index contributed by atoms with van der Waals surface area (Å²) in [5, 5.41) is 3.52. The quantitative estimate of drug-likeness (QED) is 0.454. The van der Waals surface area contributed by atoms with E-state index in [2.05, 4.69) is 5.32 Å². The number of sulfonamides is 1. The van der Waals surface area contributed by atoms with E-state index in [-0.39, 0.29) is 18.5 Å². The third-order valence-electron chi connectivity index (χ3n) is 6.89. The van der Waals surface area contributed by atoms with E-state index in [0.29, 0.717) is 22.7 Å². The first-order valence-corrected chi connectivity index (χ1v) is 15.1. The molecule has 1 fully saturated rings. The highest BCUT2D eigenvalue weighted by Crippen LogP contribution is 2.27. The van der Waals surface area contributed by atoms with Crippen molar-refractivity contribution in [2.45, 2.75) is 77.9 Å². The summed E-state index contributed by atoms with van der Waals surface area (Å²) in [5.74, 6) is -0.641. The van der Waals surface area contributed by atoms with E-state index in [1.54, 1.807) is 25.1 Å². The Morgan fingerprint density at radius 1 is 1.08 bits per heavy atom. The van der Waals surface area contributed by atoms with Crippen molar-refractivity contribution >= 4 is 39.1 Å². The summed E-state index contributed by atoms with van der Waals surface area (Å²) >= 11 is 6.17. The van der Waals surface area contributed by atoms with Crippen LogP contribution in [0.4, 0.5) is 5.69 Å². The first kappa shape index (κ1) is 29.0. The van der Waals surface area contributed by atoms with Crippen LogP contribution in [0.3, 0.4) is 0 Å². The van der Waals surface area contributed by atoms with Crippen LogP contribution in [0.5, 0.6) is 0 Å². The minimum absolute atomic E-state index is 0.104. The predicted molar refractivity (Wildman–Crippen MR) is 149 cm³/mol. The molecule has 0 aliphatic heterocycles. The number of aryl methyl sites for hydroxylation is 2. The van der Waals surface area contributed by atoms with Crippen molar-refractivity contribution in [2.75, 3.05) is 17.1 Å². The SMILES string of the molecule is CC[C@@H](C(=O)NC1CCCCC1)N(Cc1cccc(C)c1)C(=O)CN(c1cc(Cl)ccc1C)S(C)(=O)=O. The summed E-state index contributed by atoms with van der Waals surface area (Å²) < 4.78 is 26.7. The maximum absolute atomic E-state index is 13.9.